The predicted octanol–water partition coefficient (Wildman–Crippen LogP) is 2.37. The van der Waals surface area contributed by atoms with Crippen LogP contribution in [0, 0.1) is 11.8 Å². The maximum absolute atomic E-state index is 3.74. The number of allylic oxidation sites excluding steroid dienone is 1. The van der Waals surface area contributed by atoms with E-state index in [2.05, 4.69) is 25.3 Å². The van der Waals surface area contributed by atoms with Gasteiger partial charge in [0.05, 0.1) is 0 Å². The zero-order chi connectivity index (χ0) is 6.41. The minimum Gasteiger partial charge on any atom is -0.0985 e. The van der Waals surface area contributed by atoms with E-state index in [1.54, 1.807) is 0 Å². The van der Waals surface area contributed by atoms with Crippen molar-refractivity contribution < 1.29 is 0 Å². The standard InChI is InChI=1S/C8H12/c1-4-6-7-8(3)5-2/h3-5H2,1-2H3. The van der Waals surface area contributed by atoms with E-state index in [1.807, 2.05) is 6.92 Å². The third-order valence-corrected chi connectivity index (χ3v) is 0.869. The molecule has 0 nitrogen and oxygen atoms in total. The fourth-order valence-corrected chi connectivity index (χ4v) is 0.302. The van der Waals surface area contributed by atoms with Gasteiger partial charge in [0.1, 0.15) is 0 Å². The summed E-state index contributed by atoms with van der Waals surface area (Å²) in [5.41, 5.74) is 1.03. The van der Waals surface area contributed by atoms with Crippen LogP contribution in [0.3, 0.4) is 0 Å². The molecule has 0 aliphatic heterocycles. The molecule has 0 heterocycles. The summed E-state index contributed by atoms with van der Waals surface area (Å²) in [6.07, 6.45) is 1.91. The van der Waals surface area contributed by atoms with Crippen LogP contribution in [0.2, 0.25) is 0 Å². The summed E-state index contributed by atoms with van der Waals surface area (Å²) in [5, 5.41) is 0. The molecule has 44 valence electrons. The average molecular weight is 108 g/mol. The second kappa shape index (κ2) is 4.46. The quantitative estimate of drug-likeness (QED) is 0.452. The van der Waals surface area contributed by atoms with Crippen LogP contribution in [0.4, 0.5) is 0 Å². The molecule has 0 saturated carbocycles. The van der Waals surface area contributed by atoms with E-state index in [4.69, 9.17) is 0 Å². The third kappa shape index (κ3) is 3.49. The first-order valence-electron chi connectivity index (χ1n) is 2.97. The monoisotopic (exact) mass is 108 g/mol. The van der Waals surface area contributed by atoms with E-state index in [0.717, 1.165) is 18.4 Å². The Morgan fingerprint density at radius 3 is 2.50 bits per heavy atom. The summed E-state index contributed by atoms with van der Waals surface area (Å²) in [6, 6.07) is 0. The van der Waals surface area contributed by atoms with Gasteiger partial charge < -0.3 is 0 Å². The first-order valence-corrected chi connectivity index (χ1v) is 2.97. The highest BCUT2D eigenvalue weighted by molar-refractivity contribution is 5.24. The lowest BCUT2D eigenvalue weighted by Crippen LogP contribution is -1.67. The molecule has 0 amide bonds. The molecule has 0 saturated heterocycles. The minimum atomic E-state index is 0.930. The molecule has 0 aromatic rings. The summed E-state index contributed by atoms with van der Waals surface area (Å²) in [7, 11) is 0. The van der Waals surface area contributed by atoms with Crippen molar-refractivity contribution in [2.24, 2.45) is 0 Å². The van der Waals surface area contributed by atoms with Crippen LogP contribution in [0.1, 0.15) is 26.7 Å². The Morgan fingerprint density at radius 1 is 1.50 bits per heavy atom. The minimum absolute atomic E-state index is 0.930. The Hall–Kier alpha value is -0.700. The van der Waals surface area contributed by atoms with Crippen LogP contribution in [0.5, 0.6) is 0 Å². The third-order valence-electron chi connectivity index (χ3n) is 0.869. The summed E-state index contributed by atoms with van der Waals surface area (Å²) >= 11 is 0. The van der Waals surface area contributed by atoms with Gasteiger partial charge in [0, 0.05) is 6.42 Å². The van der Waals surface area contributed by atoms with E-state index in [9.17, 15) is 0 Å². The molecule has 8 heavy (non-hydrogen) atoms. The lowest BCUT2D eigenvalue weighted by molar-refractivity contribution is 1.17. The van der Waals surface area contributed by atoms with E-state index in [1.165, 1.54) is 0 Å². The van der Waals surface area contributed by atoms with Gasteiger partial charge in [-0.05, 0) is 12.0 Å². The van der Waals surface area contributed by atoms with Gasteiger partial charge in [0.25, 0.3) is 0 Å². The molecular weight excluding hydrogens is 96.1 g/mol. The van der Waals surface area contributed by atoms with Crippen molar-refractivity contribution in [2.75, 3.05) is 0 Å². The molecule has 0 aliphatic carbocycles. The van der Waals surface area contributed by atoms with Crippen molar-refractivity contribution in [1.29, 1.82) is 0 Å². The molecule has 0 rings (SSSR count). The second-order valence-electron chi connectivity index (χ2n) is 1.61. The Morgan fingerprint density at radius 2 is 2.12 bits per heavy atom. The molecule has 0 aromatic heterocycles. The number of rotatable bonds is 1. The predicted molar refractivity (Wildman–Crippen MR) is 37.5 cm³/mol. The van der Waals surface area contributed by atoms with Crippen molar-refractivity contribution in [3.05, 3.63) is 12.2 Å². The van der Waals surface area contributed by atoms with Crippen molar-refractivity contribution in [2.45, 2.75) is 26.7 Å². The molecule has 0 heteroatoms. The van der Waals surface area contributed by atoms with Crippen molar-refractivity contribution in [1.82, 2.24) is 0 Å². The largest absolute Gasteiger partial charge is 0.0985 e. The van der Waals surface area contributed by atoms with E-state index < -0.39 is 0 Å². The van der Waals surface area contributed by atoms with Crippen molar-refractivity contribution >= 4 is 0 Å². The summed E-state index contributed by atoms with van der Waals surface area (Å²) in [4.78, 5) is 0. The molecular formula is C8H12. The van der Waals surface area contributed by atoms with E-state index in [0.29, 0.717) is 0 Å². The van der Waals surface area contributed by atoms with Gasteiger partial charge in [-0.2, -0.15) is 0 Å². The molecule has 0 unspecified atom stereocenters. The number of hydrogen-bond donors (Lipinski definition) is 0. The molecule has 0 N–H and O–H groups in total. The Labute approximate surface area is 51.6 Å². The van der Waals surface area contributed by atoms with Gasteiger partial charge in [0.2, 0.25) is 0 Å². The lowest BCUT2D eigenvalue weighted by atomic mass is 10.2. The highest BCUT2D eigenvalue weighted by Crippen LogP contribution is 1.91. The average Bonchev–Trinajstić information content (AvgIpc) is 1.83. The Balaban J connectivity index is 3.52. The second-order valence-corrected chi connectivity index (χ2v) is 1.61. The topological polar surface area (TPSA) is 0 Å². The molecule has 0 radical (unpaired) electrons. The maximum Gasteiger partial charge on any atom is 0.00638 e. The summed E-state index contributed by atoms with van der Waals surface area (Å²) in [5.74, 6) is 5.89. The van der Waals surface area contributed by atoms with Gasteiger partial charge in [0.15, 0.2) is 0 Å². The van der Waals surface area contributed by atoms with Gasteiger partial charge in [-0.1, -0.05) is 32.3 Å². The van der Waals surface area contributed by atoms with Gasteiger partial charge >= 0.3 is 0 Å². The molecule has 0 atom stereocenters. The van der Waals surface area contributed by atoms with Crippen LogP contribution >= 0.6 is 0 Å². The lowest BCUT2D eigenvalue weighted by Gasteiger charge is -1.82. The van der Waals surface area contributed by atoms with Crippen LogP contribution in [0.15, 0.2) is 12.2 Å². The molecule has 0 fully saturated rings. The van der Waals surface area contributed by atoms with Crippen LogP contribution < -0.4 is 0 Å². The molecule has 0 aromatic carbocycles. The van der Waals surface area contributed by atoms with Crippen LogP contribution in [-0.4, -0.2) is 0 Å². The van der Waals surface area contributed by atoms with Crippen LogP contribution in [0.25, 0.3) is 0 Å². The fourth-order valence-electron chi connectivity index (χ4n) is 0.302. The maximum atomic E-state index is 3.74. The molecule has 0 aliphatic rings. The number of hydrogen-bond acceptors (Lipinski definition) is 0. The highest BCUT2D eigenvalue weighted by Gasteiger charge is 1.76. The fraction of sp³-hybridized carbons (Fsp3) is 0.500. The Kier molecular flexibility index (Phi) is 4.07. The zero-order valence-corrected chi connectivity index (χ0v) is 5.62. The molecule has 0 bridgehead atoms. The first kappa shape index (κ1) is 7.30. The Bertz CT molecular complexity index is 121. The highest BCUT2D eigenvalue weighted by atomic mass is 13.8. The summed E-state index contributed by atoms with van der Waals surface area (Å²) in [6.45, 7) is 7.84. The van der Waals surface area contributed by atoms with E-state index >= 15 is 0 Å². The first-order chi connectivity index (χ1) is 3.81. The van der Waals surface area contributed by atoms with Crippen LogP contribution in [-0.2, 0) is 0 Å². The zero-order valence-electron chi connectivity index (χ0n) is 5.62. The van der Waals surface area contributed by atoms with Gasteiger partial charge in [-0.15, -0.1) is 0 Å². The van der Waals surface area contributed by atoms with Gasteiger partial charge in [-0.3, -0.25) is 0 Å². The summed E-state index contributed by atoms with van der Waals surface area (Å²) < 4.78 is 0. The smallest absolute Gasteiger partial charge is 0.00638 e. The molecule has 0 spiro atoms. The van der Waals surface area contributed by atoms with Crippen molar-refractivity contribution in [3.8, 4) is 11.8 Å². The van der Waals surface area contributed by atoms with E-state index in [-0.39, 0.29) is 0 Å². The normalized spacial score (nSPS) is 7.25. The van der Waals surface area contributed by atoms with Gasteiger partial charge in [-0.25, -0.2) is 0 Å². The van der Waals surface area contributed by atoms with Crippen molar-refractivity contribution in [3.63, 3.8) is 0 Å². The SMILES string of the molecule is C=C(C#CCC)CC.